The Bertz CT molecular complexity index is 793. The van der Waals surface area contributed by atoms with Crippen molar-refractivity contribution < 1.29 is 4.21 Å². The van der Waals surface area contributed by atoms with Gasteiger partial charge in [-0.2, -0.15) is 5.10 Å². The van der Waals surface area contributed by atoms with Crippen LogP contribution in [-0.4, -0.2) is 28.9 Å². The Hall–Kier alpha value is -2.22. The fourth-order valence-electron chi connectivity index (χ4n) is 2.10. The molecule has 1 unspecified atom stereocenters. The first kappa shape index (κ1) is 13.7. The summed E-state index contributed by atoms with van der Waals surface area (Å²) in [6.07, 6.45) is 2.44. The molecule has 7 nitrogen and oxygen atoms in total. The lowest BCUT2D eigenvalue weighted by atomic mass is 10.3. The highest BCUT2D eigenvalue weighted by atomic mass is 32.2. The average Bonchev–Trinajstić information content (AvgIpc) is 3.06. The van der Waals surface area contributed by atoms with Gasteiger partial charge in [-0.1, -0.05) is 6.92 Å². The first-order valence-corrected chi connectivity index (χ1v) is 7.99. The van der Waals surface area contributed by atoms with Gasteiger partial charge in [0.05, 0.1) is 27.6 Å². The predicted octanol–water partition coefficient (Wildman–Crippen LogP) is 1.45. The van der Waals surface area contributed by atoms with Crippen molar-refractivity contribution in [3.05, 3.63) is 30.4 Å². The van der Waals surface area contributed by atoms with E-state index in [2.05, 4.69) is 27.0 Å². The fourth-order valence-corrected chi connectivity index (χ4v) is 3.11. The number of hydrogen-bond acceptors (Lipinski definition) is 5. The minimum Gasteiger partial charge on any atom is -0.399 e. The van der Waals surface area contributed by atoms with Gasteiger partial charge < -0.3 is 10.7 Å². The zero-order valence-electron chi connectivity index (χ0n) is 11.6. The Labute approximate surface area is 124 Å². The fraction of sp³-hybridized carbons (Fsp3) is 0.308. The van der Waals surface area contributed by atoms with Crippen molar-refractivity contribution in [3.8, 4) is 0 Å². The molecule has 0 bridgehead atoms. The topological polar surface area (TPSA) is 102 Å². The monoisotopic (exact) mass is 304 g/mol. The van der Waals surface area contributed by atoms with Gasteiger partial charge >= 0.3 is 0 Å². The normalized spacial score (nSPS) is 12.8. The number of nitrogens with one attached hydrogen (secondary N) is 1. The summed E-state index contributed by atoms with van der Waals surface area (Å²) in [6, 6.07) is 5.36. The second kappa shape index (κ2) is 5.65. The molecular weight excluding hydrogens is 288 g/mol. The van der Waals surface area contributed by atoms with Gasteiger partial charge in [0, 0.05) is 12.2 Å². The molecule has 0 aliphatic rings. The van der Waals surface area contributed by atoms with Crippen LogP contribution in [0.3, 0.4) is 0 Å². The number of aryl methyl sites for hydroxylation is 1. The van der Waals surface area contributed by atoms with E-state index in [0.717, 1.165) is 24.0 Å². The maximum Gasteiger partial charge on any atom is 0.197 e. The summed E-state index contributed by atoms with van der Waals surface area (Å²) < 4.78 is 14.2. The van der Waals surface area contributed by atoms with Crippen molar-refractivity contribution in [1.29, 1.82) is 0 Å². The van der Waals surface area contributed by atoms with Crippen LogP contribution in [0, 0.1) is 0 Å². The van der Waals surface area contributed by atoms with Gasteiger partial charge in [-0.05, 0) is 24.6 Å². The summed E-state index contributed by atoms with van der Waals surface area (Å²) in [4.78, 5) is 11.6. The second-order valence-corrected chi connectivity index (χ2v) is 6.07. The van der Waals surface area contributed by atoms with Crippen LogP contribution in [0.25, 0.3) is 11.0 Å². The van der Waals surface area contributed by atoms with Gasteiger partial charge in [-0.25, -0.2) is 14.6 Å². The molecule has 3 aromatic rings. The van der Waals surface area contributed by atoms with Crippen LogP contribution in [-0.2, 0) is 23.1 Å². The molecule has 8 heteroatoms. The Morgan fingerprint density at radius 1 is 1.43 bits per heavy atom. The molecule has 3 rings (SSSR count). The number of benzene rings is 1. The van der Waals surface area contributed by atoms with Crippen LogP contribution >= 0.6 is 0 Å². The third kappa shape index (κ3) is 2.80. The van der Waals surface area contributed by atoms with Gasteiger partial charge in [0.2, 0.25) is 0 Å². The van der Waals surface area contributed by atoms with Gasteiger partial charge in [-0.3, -0.25) is 4.21 Å². The van der Waals surface area contributed by atoms with Crippen molar-refractivity contribution >= 4 is 27.5 Å². The molecule has 0 aliphatic carbocycles. The summed E-state index contributed by atoms with van der Waals surface area (Å²) in [7, 11) is -1.30. The van der Waals surface area contributed by atoms with E-state index in [-0.39, 0.29) is 5.75 Å². The van der Waals surface area contributed by atoms with Crippen LogP contribution in [0.4, 0.5) is 5.69 Å². The lowest BCUT2D eigenvalue weighted by Crippen LogP contribution is -2.09. The third-order valence-electron chi connectivity index (χ3n) is 3.09. The van der Waals surface area contributed by atoms with E-state index in [1.54, 1.807) is 22.9 Å². The van der Waals surface area contributed by atoms with Crippen LogP contribution in [0.2, 0.25) is 0 Å². The maximum atomic E-state index is 12.4. The number of imidazole rings is 1. The molecule has 0 aliphatic heterocycles. The standard InChI is InChI=1S/C13H16N6OS/c1-2-5-19-12(15-8-16-19)7-21(20)13-17-10-4-3-9(14)6-11(10)18-13/h3-4,6,8H,2,5,7,14H2,1H3,(H,17,18). The number of aromatic nitrogens is 5. The zero-order chi connectivity index (χ0) is 14.8. The number of hydrogen-bond donors (Lipinski definition) is 2. The third-order valence-corrected chi connectivity index (χ3v) is 4.24. The maximum absolute atomic E-state index is 12.4. The Morgan fingerprint density at radius 2 is 2.29 bits per heavy atom. The predicted molar refractivity (Wildman–Crippen MR) is 80.9 cm³/mol. The molecule has 1 aromatic carbocycles. The highest BCUT2D eigenvalue weighted by Crippen LogP contribution is 2.17. The zero-order valence-corrected chi connectivity index (χ0v) is 12.4. The van der Waals surface area contributed by atoms with E-state index < -0.39 is 10.8 Å². The van der Waals surface area contributed by atoms with Crippen LogP contribution in [0.15, 0.2) is 29.7 Å². The van der Waals surface area contributed by atoms with Crippen molar-refractivity contribution in [2.24, 2.45) is 0 Å². The molecule has 3 N–H and O–H groups in total. The van der Waals surface area contributed by atoms with Gasteiger partial charge in [0.25, 0.3) is 0 Å². The number of nitrogen functional groups attached to an aromatic ring is 1. The van der Waals surface area contributed by atoms with Crippen LogP contribution in [0.1, 0.15) is 19.2 Å². The van der Waals surface area contributed by atoms with E-state index in [0.29, 0.717) is 16.7 Å². The highest BCUT2D eigenvalue weighted by molar-refractivity contribution is 7.84. The molecule has 0 fully saturated rings. The van der Waals surface area contributed by atoms with E-state index >= 15 is 0 Å². The van der Waals surface area contributed by atoms with Crippen molar-refractivity contribution in [2.75, 3.05) is 5.73 Å². The number of anilines is 1. The lowest BCUT2D eigenvalue weighted by Gasteiger charge is -2.02. The summed E-state index contributed by atoms with van der Waals surface area (Å²) in [5.41, 5.74) is 7.91. The summed E-state index contributed by atoms with van der Waals surface area (Å²) in [5, 5.41) is 4.56. The molecule has 110 valence electrons. The minimum absolute atomic E-state index is 0.287. The van der Waals surface area contributed by atoms with Crippen LogP contribution < -0.4 is 5.73 Å². The average molecular weight is 304 g/mol. The van der Waals surface area contributed by atoms with Crippen LogP contribution in [0.5, 0.6) is 0 Å². The number of aromatic amines is 1. The van der Waals surface area contributed by atoms with Gasteiger partial charge in [0.1, 0.15) is 12.2 Å². The summed E-state index contributed by atoms with van der Waals surface area (Å²) >= 11 is 0. The first-order chi connectivity index (χ1) is 10.2. The largest absolute Gasteiger partial charge is 0.399 e. The van der Waals surface area contributed by atoms with E-state index in [1.807, 2.05) is 0 Å². The highest BCUT2D eigenvalue weighted by Gasteiger charge is 2.14. The van der Waals surface area contributed by atoms with Crippen molar-refractivity contribution in [1.82, 2.24) is 24.7 Å². The Balaban J connectivity index is 1.84. The van der Waals surface area contributed by atoms with Gasteiger partial charge in [0.15, 0.2) is 5.16 Å². The first-order valence-electron chi connectivity index (χ1n) is 6.67. The van der Waals surface area contributed by atoms with E-state index in [9.17, 15) is 4.21 Å². The van der Waals surface area contributed by atoms with E-state index in [4.69, 9.17) is 5.73 Å². The Morgan fingerprint density at radius 3 is 3.10 bits per heavy atom. The summed E-state index contributed by atoms with van der Waals surface area (Å²) in [5.74, 6) is 0.991. The van der Waals surface area contributed by atoms with Crippen molar-refractivity contribution in [2.45, 2.75) is 30.8 Å². The quantitative estimate of drug-likeness (QED) is 0.695. The molecule has 0 spiro atoms. The molecule has 1 atom stereocenters. The smallest absolute Gasteiger partial charge is 0.197 e. The lowest BCUT2D eigenvalue weighted by molar-refractivity contribution is 0.579. The summed E-state index contributed by atoms with van der Waals surface area (Å²) in [6.45, 7) is 2.83. The molecular formula is C13H16N6OS. The number of rotatable bonds is 5. The molecule has 0 saturated heterocycles. The second-order valence-electron chi connectivity index (χ2n) is 4.71. The van der Waals surface area contributed by atoms with Gasteiger partial charge in [-0.15, -0.1) is 0 Å². The number of nitrogens with zero attached hydrogens (tertiary/aromatic N) is 4. The number of H-pyrrole nitrogens is 1. The number of nitrogens with two attached hydrogens (primary N) is 1. The molecule has 0 saturated carbocycles. The molecule has 0 radical (unpaired) electrons. The number of fused-ring (bicyclic) bond motifs is 1. The van der Waals surface area contributed by atoms with E-state index in [1.165, 1.54) is 6.33 Å². The Kier molecular flexibility index (Phi) is 3.70. The molecule has 0 amide bonds. The molecule has 2 heterocycles. The SMILES string of the molecule is CCCn1ncnc1CS(=O)c1nc2ccc(N)cc2[nH]1. The molecule has 21 heavy (non-hydrogen) atoms. The minimum atomic E-state index is -1.30. The van der Waals surface area contributed by atoms with Crippen molar-refractivity contribution in [3.63, 3.8) is 0 Å². The molecule has 2 aromatic heterocycles.